The van der Waals surface area contributed by atoms with Gasteiger partial charge in [0.05, 0.1) is 6.04 Å². The summed E-state index contributed by atoms with van der Waals surface area (Å²) >= 11 is 0. The van der Waals surface area contributed by atoms with E-state index in [9.17, 15) is 4.79 Å². The van der Waals surface area contributed by atoms with Gasteiger partial charge >= 0.3 is 0 Å². The van der Waals surface area contributed by atoms with Gasteiger partial charge in [-0.3, -0.25) is 4.79 Å². The Hall–Kier alpha value is -2.87. The van der Waals surface area contributed by atoms with Crippen LogP contribution in [0.2, 0.25) is 0 Å². The minimum Gasteiger partial charge on any atom is -0.350 e. The summed E-state index contributed by atoms with van der Waals surface area (Å²) in [7, 11) is 0. The fourth-order valence-corrected chi connectivity index (χ4v) is 3.81. The molecular weight excluding hydrogens is 342 g/mol. The molecule has 0 aromatic heterocycles. The molecule has 0 saturated heterocycles. The molecule has 0 aliphatic carbocycles. The summed E-state index contributed by atoms with van der Waals surface area (Å²) in [4.78, 5) is 12.9. The van der Waals surface area contributed by atoms with Crippen LogP contribution < -0.4 is 5.32 Å². The number of rotatable bonds is 6. The molecule has 0 bridgehead atoms. The van der Waals surface area contributed by atoms with Gasteiger partial charge < -0.3 is 5.32 Å². The average molecular weight is 372 g/mol. The number of amides is 1. The van der Waals surface area contributed by atoms with Crippen LogP contribution in [-0.2, 0) is 4.79 Å². The van der Waals surface area contributed by atoms with E-state index in [0.29, 0.717) is 6.42 Å². The highest BCUT2D eigenvalue weighted by molar-refractivity contribution is 5.78. The SMILES string of the molecule is Cc1cc(C)c([C@H](C)NC(=O)CC(c2ccccc2)c2ccccc2)cc1C. The zero-order valence-corrected chi connectivity index (χ0v) is 17.2. The van der Waals surface area contributed by atoms with Gasteiger partial charge in [0.2, 0.25) is 5.91 Å². The van der Waals surface area contributed by atoms with Crippen LogP contribution in [0.15, 0.2) is 72.8 Å². The molecule has 0 aliphatic heterocycles. The van der Waals surface area contributed by atoms with Crippen LogP contribution in [0, 0.1) is 20.8 Å². The second-order valence-corrected chi connectivity index (χ2v) is 7.66. The van der Waals surface area contributed by atoms with Gasteiger partial charge in [-0.05, 0) is 61.1 Å². The Labute approximate surface area is 168 Å². The summed E-state index contributed by atoms with van der Waals surface area (Å²) in [6.07, 6.45) is 0.433. The second-order valence-electron chi connectivity index (χ2n) is 7.66. The zero-order valence-electron chi connectivity index (χ0n) is 17.2. The summed E-state index contributed by atoms with van der Waals surface area (Å²) in [5.74, 6) is 0.123. The van der Waals surface area contributed by atoms with E-state index in [0.717, 1.165) is 0 Å². The molecular formula is C26H29NO. The van der Waals surface area contributed by atoms with Crippen molar-refractivity contribution in [2.24, 2.45) is 0 Å². The first-order chi connectivity index (χ1) is 13.5. The maximum atomic E-state index is 12.9. The highest BCUT2D eigenvalue weighted by Gasteiger charge is 2.20. The van der Waals surface area contributed by atoms with Gasteiger partial charge in [-0.25, -0.2) is 0 Å². The van der Waals surface area contributed by atoms with Crippen molar-refractivity contribution in [3.63, 3.8) is 0 Å². The lowest BCUT2D eigenvalue weighted by Gasteiger charge is -2.22. The van der Waals surface area contributed by atoms with Crippen molar-refractivity contribution in [3.8, 4) is 0 Å². The predicted octanol–water partition coefficient (Wildman–Crippen LogP) is 6.01. The topological polar surface area (TPSA) is 29.1 Å². The van der Waals surface area contributed by atoms with E-state index in [1.165, 1.54) is 33.4 Å². The molecule has 2 nitrogen and oxygen atoms in total. The van der Waals surface area contributed by atoms with E-state index < -0.39 is 0 Å². The van der Waals surface area contributed by atoms with Crippen LogP contribution in [0.4, 0.5) is 0 Å². The van der Waals surface area contributed by atoms with Gasteiger partial charge in [-0.15, -0.1) is 0 Å². The smallest absolute Gasteiger partial charge is 0.221 e. The maximum absolute atomic E-state index is 12.9. The van der Waals surface area contributed by atoms with Crippen LogP contribution >= 0.6 is 0 Å². The van der Waals surface area contributed by atoms with Crippen LogP contribution in [0.25, 0.3) is 0 Å². The Balaban J connectivity index is 1.78. The number of hydrogen-bond donors (Lipinski definition) is 1. The Kier molecular flexibility index (Phi) is 6.30. The van der Waals surface area contributed by atoms with Gasteiger partial charge in [0.25, 0.3) is 0 Å². The minimum atomic E-state index is -0.0148. The van der Waals surface area contributed by atoms with Crippen LogP contribution in [0.1, 0.15) is 58.7 Å². The zero-order chi connectivity index (χ0) is 20.1. The lowest BCUT2D eigenvalue weighted by atomic mass is 9.88. The molecule has 1 N–H and O–H groups in total. The van der Waals surface area contributed by atoms with Crippen molar-refractivity contribution in [1.29, 1.82) is 0 Å². The van der Waals surface area contributed by atoms with E-state index in [1.807, 2.05) is 36.4 Å². The van der Waals surface area contributed by atoms with Gasteiger partial charge in [0, 0.05) is 12.3 Å². The number of carbonyl (C=O) groups is 1. The molecule has 1 atom stereocenters. The van der Waals surface area contributed by atoms with Gasteiger partial charge in [-0.2, -0.15) is 0 Å². The van der Waals surface area contributed by atoms with Crippen molar-refractivity contribution >= 4 is 5.91 Å². The molecule has 144 valence electrons. The van der Waals surface area contributed by atoms with E-state index in [-0.39, 0.29) is 17.9 Å². The lowest BCUT2D eigenvalue weighted by Crippen LogP contribution is -2.28. The fraction of sp³-hybridized carbons (Fsp3) is 0.269. The highest BCUT2D eigenvalue weighted by atomic mass is 16.1. The van der Waals surface area contributed by atoms with E-state index in [4.69, 9.17) is 0 Å². The number of hydrogen-bond acceptors (Lipinski definition) is 1. The molecule has 1 amide bonds. The lowest BCUT2D eigenvalue weighted by molar-refractivity contribution is -0.121. The van der Waals surface area contributed by atoms with Crippen molar-refractivity contribution in [2.75, 3.05) is 0 Å². The quantitative estimate of drug-likeness (QED) is 0.565. The number of carbonyl (C=O) groups excluding carboxylic acids is 1. The van der Waals surface area contributed by atoms with Crippen molar-refractivity contribution in [3.05, 3.63) is 106 Å². The Morgan fingerprint density at radius 3 is 1.82 bits per heavy atom. The van der Waals surface area contributed by atoms with E-state index in [1.54, 1.807) is 0 Å². The number of aryl methyl sites for hydroxylation is 3. The van der Waals surface area contributed by atoms with E-state index >= 15 is 0 Å². The first-order valence-electron chi connectivity index (χ1n) is 9.92. The van der Waals surface area contributed by atoms with Crippen molar-refractivity contribution < 1.29 is 4.79 Å². The summed E-state index contributed by atoms with van der Waals surface area (Å²) in [5, 5.41) is 3.21. The fourth-order valence-electron chi connectivity index (χ4n) is 3.81. The maximum Gasteiger partial charge on any atom is 0.221 e. The van der Waals surface area contributed by atoms with Crippen LogP contribution in [0.5, 0.6) is 0 Å². The molecule has 0 unspecified atom stereocenters. The van der Waals surface area contributed by atoms with Gasteiger partial charge in [0.15, 0.2) is 0 Å². The molecule has 3 aromatic carbocycles. The minimum absolute atomic E-state index is 0.0148. The van der Waals surface area contributed by atoms with Crippen molar-refractivity contribution in [2.45, 2.75) is 46.1 Å². The molecule has 3 rings (SSSR count). The molecule has 0 heterocycles. The normalized spacial score (nSPS) is 12.0. The van der Waals surface area contributed by atoms with Crippen molar-refractivity contribution in [1.82, 2.24) is 5.32 Å². The molecule has 2 heteroatoms. The third kappa shape index (κ3) is 4.69. The average Bonchev–Trinajstić information content (AvgIpc) is 2.70. The van der Waals surface area contributed by atoms with Crippen LogP contribution in [0.3, 0.4) is 0 Å². The molecule has 0 aliphatic rings. The van der Waals surface area contributed by atoms with E-state index in [2.05, 4.69) is 69.4 Å². The third-order valence-electron chi connectivity index (χ3n) is 5.52. The Morgan fingerprint density at radius 1 is 0.786 bits per heavy atom. The first kappa shape index (κ1) is 19.9. The number of benzene rings is 3. The molecule has 3 aromatic rings. The third-order valence-corrected chi connectivity index (χ3v) is 5.52. The Morgan fingerprint density at radius 2 is 1.29 bits per heavy atom. The molecule has 0 fully saturated rings. The Bertz CT molecular complexity index is 892. The summed E-state index contributed by atoms with van der Waals surface area (Å²) in [6, 6.07) is 24.9. The standard InChI is InChI=1S/C26H29NO/c1-18-15-20(3)24(16-19(18)2)21(4)27-26(28)17-25(22-11-7-5-8-12-22)23-13-9-6-10-14-23/h5-16,21,25H,17H2,1-4H3,(H,27,28)/t21-/m0/s1. The molecule has 0 saturated carbocycles. The second kappa shape index (κ2) is 8.88. The number of nitrogens with one attached hydrogen (secondary N) is 1. The summed E-state index contributed by atoms with van der Waals surface area (Å²) in [5.41, 5.74) is 7.28. The first-order valence-corrected chi connectivity index (χ1v) is 9.92. The van der Waals surface area contributed by atoms with Crippen LogP contribution in [-0.4, -0.2) is 5.91 Å². The molecule has 0 spiro atoms. The molecule has 0 radical (unpaired) electrons. The predicted molar refractivity (Wildman–Crippen MR) is 117 cm³/mol. The van der Waals surface area contributed by atoms with Gasteiger partial charge in [0.1, 0.15) is 0 Å². The highest BCUT2D eigenvalue weighted by Crippen LogP contribution is 2.28. The molecule has 28 heavy (non-hydrogen) atoms. The monoisotopic (exact) mass is 371 g/mol. The summed E-state index contributed by atoms with van der Waals surface area (Å²) in [6.45, 7) is 8.42. The largest absolute Gasteiger partial charge is 0.350 e. The van der Waals surface area contributed by atoms with Gasteiger partial charge in [-0.1, -0.05) is 72.8 Å². The summed E-state index contributed by atoms with van der Waals surface area (Å²) < 4.78 is 0.